The largest absolute Gasteiger partial charge is 0.508 e. The fourth-order valence-electron chi connectivity index (χ4n) is 5.49. The number of nitrogens with zero attached hydrogens (tertiary/aromatic N) is 1. The Morgan fingerprint density at radius 1 is 1.15 bits per heavy atom. The van der Waals surface area contributed by atoms with Crippen molar-refractivity contribution in [1.82, 2.24) is 4.90 Å². The highest BCUT2D eigenvalue weighted by Crippen LogP contribution is 2.53. The summed E-state index contributed by atoms with van der Waals surface area (Å²) < 4.78 is 0. The lowest BCUT2D eigenvalue weighted by Crippen LogP contribution is -2.68. The van der Waals surface area contributed by atoms with Gasteiger partial charge in [0.1, 0.15) is 23.2 Å². The van der Waals surface area contributed by atoms with E-state index in [0.29, 0.717) is 5.57 Å². The third-order valence-corrected chi connectivity index (χ3v) is 6.96. The number of aliphatic hydroxyl groups excluding tert-OH is 2. The van der Waals surface area contributed by atoms with Gasteiger partial charge in [-0.25, -0.2) is 0 Å². The molecule has 10 heteroatoms. The quantitative estimate of drug-likeness (QED) is 0.302. The predicted molar refractivity (Wildman–Crippen MR) is 114 cm³/mol. The molecule has 3 aliphatic rings. The van der Waals surface area contributed by atoms with E-state index in [0.717, 1.165) is 0 Å². The van der Waals surface area contributed by atoms with E-state index in [-0.39, 0.29) is 28.9 Å². The summed E-state index contributed by atoms with van der Waals surface area (Å²) in [5.41, 5.74) is 2.46. The van der Waals surface area contributed by atoms with Crippen LogP contribution in [-0.2, 0) is 9.59 Å². The molecule has 174 valence electrons. The number of aliphatic hydroxyl groups is 3. The van der Waals surface area contributed by atoms with Crippen LogP contribution in [-0.4, -0.2) is 80.4 Å². The first-order chi connectivity index (χ1) is 15.3. The standard InChI is InChI=1S/C23H24N2O8/c1-8(26)10-4-5-13(27)15-11(10)6-9-7-12-17(25(2)3)19(29)16(22(24)32)21(31)23(12,33)20(30)14(9)18(15)28/h4-6,12,14,17,20,27,30-31,33H,7H2,1-3H3,(H2,24,32)/t12-,14?,17-,20?,23-/m0/s1. The van der Waals surface area contributed by atoms with Crippen LogP contribution in [0.2, 0.25) is 0 Å². The van der Waals surface area contributed by atoms with Crippen molar-refractivity contribution in [2.24, 2.45) is 17.6 Å². The first-order valence-electron chi connectivity index (χ1n) is 10.3. The van der Waals surface area contributed by atoms with E-state index < -0.39 is 64.1 Å². The van der Waals surface area contributed by atoms with Gasteiger partial charge in [0.25, 0.3) is 5.91 Å². The van der Waals surface area contributed by atoms with Crippen molar-refractivity contribution in [2.45, 2.75) is 31.1 Å². The number of phenolic OH excluding ortho intramolecular Hbond substituents is 1. The lowest BCUT2D eigenvalue weighted by Gasteiger charge is -2.53. The van der Waals surface area contributed by atoms with E-state index >= 15 is 0 Å². The number of hydrogen-bond donors (Lipinski definition) is 5. The Hall–Kier alpha value is -3.34. The summed E-state index contributed by atoms with van der Waals surface area (Å²) in [6, 6.07) is 1.44. The molecule has 10 nitrogen and oxygen atoms in total. The molecule has 0 heterocycles. The van der Waals surface area contributed by atoms with Crippen molar-refractivity contribution in [3.63, 3.8) is 0 Å². The third kappa shape index (κ3) is 2.91. The second-order valence-electron chi connectivity index (χ2n) is 8.98. The molecule has 1 saturated carbocycles. The fourth-order valence-corrected chi connectivity index (χ4v) is 5.49. The molecule has 0 bridgehead atoms. The molecule has 1 fully saturated rings. The van der Waals surface area contributed by atoms with Crippen LogP contribution in [0.25, 0.3) is 6.08 Å². The molecule has 1 aromatic rings. The lowest BCUT2D eigenvalue weighted by molar-refractivity contribution is -0.163. The van der Waals surface area contributed by atoms with Crippen LogP contribution in [0.4, 0.5) is 0 Å². The molecule has 4 rings (SSSR count). The molecule has 2 unspecified atom stereocenters. The normalized spacial score (nSPS) is 31.0. The average Bonchev–Trinajstić information content (AvgIpc) is 2.70. The van der Waals surface area contributed by atoms with Gasteiger partial charge >= 0.3 is 0 Å². The summed E-state index contributed by atoms with van der Waals surface area (Å²) >= 11 is 0. The molecule has 0 spiro atoms. The molecule has 3 aliphatic carbocycles. The molecule has 1 amide bonds. The Morgan fingerprint density at radius 3 is 2.33 bits per heavy atom. The van der Waals surface area contributed by atoms with E-state index in [4.69, 9.17) is 5.73 Å². The number of nitrogens with two attached hydrogens (primary N) is 1. The average molecular weight is 456 g/mol. The topological polar surface area (TPSA) is 178 Å². The minimum absolute atomic E-state index is 0.110. The Bertz CT molecular complexity index is 1200. The summed E-state index contributed by atoms with van der Waals surface area (Å²) in [6.45, 7) is 1.31. The number of ketones is 3. The van der Waals surface area contributed by atoms with Gasteiger partial charge < -0.3 is 26.2 Å². The zero-order chi connectivity index (χ0) is 24.6. The van der Waals surface area contributed by atoms with Crippen LogP contribution in [0.15, 0.2) is 29.0 Å². The van der Waals surface area contributed by atoms with E-state index in [1.54, 1.807) is 0 Å². The van der Waals surface area contributed by atoms with Crippen LogP contribution < -0.4 is 5.73 Å². The highest BCUT2D eigenvalue weighted by Gasteiger charge is 2.64. The first kappa shape index (κ1) is 22.8. The van der Waals surface area contributed by atoms with Crippen molar-refractivity contribution in [1.29, 1.82) is 0 Å². The molecule has 0 radical (unpaired) electrons. The van der Waals surface area contributed by atoms with Gasteiger partial charge in [-0.2, -0.15) is 0 Å². The van der Waals surface area contributed by atoms with Gasteiger partial charge in [-0.3, -0.25) is 24.1 Å². The van der Waals surface area contributed by atoms with Crippen molar-refractivity contribution >= 4 is 29.3 Å². The zero-order valence-electron chi connectivity index (χ0n) is 18.2. The number of fused-ring (bicyclic) bond motifs is 3. The number of hydrogen-bond acceptors (Lipinski definition) is 9. The van der Waals surface area contributed by atoms with Gasteiger partial charge in [0.05, 0.1) is 17.5 Å². The minimum atomic E-state index is -2.53. The highest BCUT2D eigenvalue weighted by molar-refractivity contribution is 6.22. The third-order valence-electron chi connectivity index (χ3n) is 6.96. The van der Waals surface area contributed by atoms with Gasteiger partial charge in [-0.15, -0.1) is 0 Å². The number of rotatable bonds is 3. The zero-order valence-corrected chi connectivity index (χ0v) is 18.2. The summed E-state index contributed by atoms with van der Waals surface area (Å²) in [7, 11) is 3.06. The number of phenols is 1. The molecular formula is C23H24N2O8. The molecule has 1 aromatic carbocycles. The monoisotopic (exact) mass is 456 g/mol. The maximum Gasteiger partial charge on any atom is 0.255 e. The van der Waals surface area contributed by atoms with Crippen LogP contribution >= 0.6 is 0 Å². The second-order valence-corrected chi connectivity index (χ2v) is 8.98. The molecule has 0 aliphatic heterocycles. The predicted octanol–water partition coefficient (Wildman–Crippen LogP) is -0.287. The summed E-state index contributed by atoms with van der Waals surface area (Å²) in [5, 5.41) is 43.9. The van der Waals surface area contributed by atoms with E-state index in [1.165, 1.54) is 44.1 Å². The maximum absolute atomic E-state index is 13.4. The van der Waals surface area contributed by atoms with E-state index in [2.05, 4.69) is 0 Å². The SMILES string of the molecule is CC(=O)c1ccc(O)c2c1C=C1C[C@H]3[C@H](N(C)C)C(=O)C(C(N)=O)=C(O)[C@@]3(O)C(O)C1C2=O. The van der Waals surface area contributed by atoms with E-state index in [1.807, 2.05) is 0 Å². The van der Waals surface area contributed by atoms with Crippen molar-refractivity contribution in [3.05, 3.63) is 45.7 Å². The van der Waals surface area contributed by atoms with Crippen LogP contribution in [0.1, 0.15) is 39.6 Å². The van der Waals surface area contributed by atoms with Gasteiger partial charge in [0, 0.05) is 11.5 Å². The summed E-state index contributed by atoms with van der Waals surface area (Å²) in [5.74, 6) is -7.17. The highest BCUT2D eigenvalue weighted by atomic mass is 16.4. The van der Waals surface area contributed by atoms with Gasteiger partial charge in [0.2, 0.25) is 0 Å². The Kier molecular flexibility index (Phi) is 5.08. The van der Waals surface area contributed by atoms with Crippen LogP contribution in [0.5, 0.6) is 5.75 Å². The van der Waals surface area contributed by atoms with Crippen molar-refractivity contribution < 1.29 is 39.6 Å². The van der Waals surface area contributed by atoms with Gasteiger partial charge in [-0.05, 0) is 45.1 Å². The minimum Gasteiger partial charge on any atom is -0.508 e. The number of Topliss-reactive ketones (excluding diaryl/α,β-unsaturated/α-hetero) is 3. The van der Waals surface area contributed by atoms with Gasteiger partial charge in [-0.1, -0.05) is 11.6 Å². The second kappa shape index (κ2) is 7.34. The molecule has 0 saturated heterocycles. The van der Waals surface area contributed by atoms with Crippen molar-refractivity contribution in [3.8, 4) is 5.75 Å². The first-order valence-corrected chi connectivity index (χ1v) is 10.3. The molecular weight excluding hydrogens is 432 g/mol. The van der Waals surface area contributed by atoms with Gasteiger partial charge in [0.15, 0.2) is 23.0 Å². The number of likely N-dealkylation sites (N-methyl/N-ethyl adjacent to an activating group) is 1. The van der Waals surface area contributed by atoms with Crippen LogP contribution in [0.3, 0.4) is 0 Å². The number of aromatic hydroxyl groups is 1. The van der Waals surface area contributed by atoms with E-state index in [9.17, 15) is 39.6 Å². The molecule has 0 aromatic heterocycles. The lowest BCUT2D eigenvalue weighted by atomic mass is 9.56. The number of amides is 1. The van der Waals surface area contributed by atoms with Crippen molar-refractivity contribution in [2.75, 3.05) is 14.1 Å². The summed E-state index contributed by atoms with van der Waals surface area (Å²) in [4.78, 5) is 52.0. The maximum atomic E-state index is 13.4. The molecule has 33 heavy (non-hydrogen) atoms. The Balaban J connectivity index is 1.98. The number of benzene rings is 1. The number of carbonyl (C=O) groups excluding carboxylic acids is 4. The van der Waals surface area contributed by atoms with Crippen LogP contribution in [0, 0.1) is 11.8 Å². The Labute approximate surface area is 188 Å². The molecule has 6 N–H and O–H groups in total. The fraction of sp³-hybridized carbons (Fsp3) is 0.391. The molecule has 5 atom stereocenters. The number of primary amides is 1. The summed E-state index contributed by atoms with van der Waals surface area (Å²) in [6.07, 6.45) is -0.572. The number of carbonyl (C=O) groups is 4. The Morgan fingerprint density at radius 2 is 1.79 bits per heavy atom. The smallest absolute Gasteiger partial charge is 0.255 e.